The van der Waals surface area contributed by atoms with E-state index in [1.807, 2.05) is 18.7 Å². The molecule has 0 bridgehead atoms. The van der Waals surface area contributed by atoms with E-state index in [2.05, 4.69) is 4.99 Å². The van der Waals surface area contributed by atoms with Crippen LogP contribution in [0.15, 0.2) is 40.2 Å². The number of sulfone groups is 1. The lowest BCUT2D eigenvalue weighted by atomic mass is 10.4. The fourth-order valence-electron chi connectivity index (χ4n) is 1.67. The number of nitrogens with two attached hydrogens (primary N) is 1. The summed E-state index contributed by atoms with van der Waals surface area (Å²) in [4.78, 5) is 6.33. The third-order valence-corrected chi connectivity index (χ3v) is 4.53. The first-order valence-electron chi connectivity index (χ1n) is 6.34. The van der Waals surface area contributed by atoms with Crippen molar-refractivity contribution in [2.24, 2.45) is 10.7 Å². The van der Waals surface area contributed by atoms with Gasteiger partial charge in [0.1, 0.15) is 0 Å². The summed E-state index contributed by atoms with van der Waals surface area (Å²) in [5.41, 5.74) is 5.79. The Kier molecular flexibility index (Phi) is 8.79. The lowest BCUT2D eigenvalue weighted by Crippen LogP contribution is -2.37. The van der Waals surface area contributed by atoms with Crippen molar-refractivity contribution >= 4 is 39.8 Å². The number of guanidine groups is 1. The van der Waals surface area contributed by atoms with Crippen molar-refractivity contribution in [2.75, 3.05) is 25.4 Å². The van der Waals surface area contributed by atoms with Gasteiger partial charge in [-0.3, -0.25) is 4.99 Å². The van der Waals surface area contributed by atoms with Gasteiger partial charge in [-0.2, -0.15) is 0 Å². The van der Waals surface area contributed by atoms with Crippen molar-refractivity contribution in [3.63, 3.8) is 0 Å². The molecule has 2 N–H and O–H groups in total. The summed E-state index contributed by atoms with van der Waals surface area (Å²) in [5.74, 6) is 0.368. The minimum absolute atomic E-state index is 0. The van der Waals surface area contributed by atoms with E-state index >= 15 is 0 Å². The van der Waals surface area contributed by atoms with Crippen LogP contribution in [0.2, 0.25) is 0 Å². The summed E-state index contributed by atoms with van der Waals surface area (Å²) in [6, 6.07) is 8.38. The van der Waals surface area contributed by atoms with Gasteiger partial charge in [0.15, 0.2) is 15.8 Å². The highest BCUT2D eigenvalue weighted by Gasteiger charge is 2.13. The molecule has 0 aromatic heterocycles. The van der Waals surface area contributed by atoms with Crippen molar-refractivity contribution in [3.05, 3.63) is 30.3 Å². The highest BCUT2D eigenvalue weighted by atomic mass is 127. The molecule has 0 unspecified atom stereocenters. The smallest absolute Gasteiger partial charge is 0.191 e. The maximum absolute atomic E-state index is 12.0. The molecule has 1 rings (SSSR count). The normalized spacial score (nSPS) is 11.8. The Morgan fingerprint density at radius 1 is 1.20 bits per heavy atom. The Hall–Kier alpha value is -0.830. The summed E-state index contributed by atoms with van der Waals surface area (Å²) < 4.78 is 24.0. The van der Waals surface area contributed by atoms with Crippen LogP contribution in [0, 0.1) is 0 Å². The number of hydrogen-bond acceptors (Lipinski definition) is 3. The van der Waals surface area contributed by atoms with E-state index in [9.17, 15) is 8.42 Å². The lowest BCUT2D eigenvalue weighted by molar-refractivity contribution is 0.458. The number of benzene rings is 1. The third-order valence-electron chi connectivity index (χ3n) is 2.82. The van der Waals surface area contributed by atoms with E-state index in [1.165, 1.54) is 0 Å². The first kappa shape index (κ1) is 19.2. The quantitative estimate of drug-likeness (QED) is 0.440. The van der Waals surface area contributed by atoms with Crippen LogP contribution in [0.1, 0.15) is 13.8 Å². The maximum atomic E-state index is 12.0. The second kappa shape index (κ2) is 9.17. The van der Waals surface area contributed by atoms with Gasteiger partial charge < -0.3 is 10.6 Å². The zero-order valence-corrected chi connectivity index (χ0v) is 15.0. The molecule has 114 valence electrons. The molecule has 0 heterocycles. The molecule has 0 fully saturated rings. The van der Waals surface area contributed by atoms with Gasteiger partial charge in [-0.15, -0.1) is 24.0 Å². The van der Waals surface area contributed by atoms with Crippen LogP contribution >= 0.6 is 24.0 Å². The lowest BCUT2D eigenvalue weighted by Gasteiger charge is -2.19. The number of nitrogens with zero attached hydrogens (tertiary/aromatic N) is 2. The molecule has 1 aromatic carbocycles. The molecule has 0 radical (unpaired) electrons. The minimum atomic E-state index is -3.28. The summed E-state index contributed by atoms with van der Waals surface area (Å²) in [5, 5.41) is 0. The minimum Gasteiger partial charge on any atom is -0.370 e. The Balaban J connectivity index is 0.00000361. The number of hydrogen-bond donors (Lipinski definition) is 1. The molecule has 0 aliphatic heterocycles. The molecule has 0 amide bonds. The first-order valence-corrected chi connectivity index (χ1v) is 7.99. The van der Waals surface area contributed by atoms with Crippen molar-refractivity contribution in [3.8, 4) is 0 Å². The highest BCUT2D eigenvalue weighted by molar-refractivity contribution is 14.0. The molecule has 0 atom stereocenters. The third kappa shape index (κ3) is 5.66. The maximum Gasteiger partial charge on any atom is 0.191 e. The molecule has 0 spiro atoms. The Labute approximate surface area is 138 Å². The van der Waals surface area contributed by atoms with E-state index < -0.39 is 9.84 Å². The summed E-state index contributed by atoms with van der Waals surface area (Å²) in [6.07, 6.45) is 0. The van der Waals surface area contributed by atoms with Gasteiger partial charge in [-0.05, 0) is 26.0 Å². The number of aliphatic imine (C=N–C) groups is 1. The number of rotatable bonds is 6. The van der Waals surface area contributed by atoms with E-state index in [-0.39, 0.29) is 36.3 Å². The van der Waals surface area contributed by atoms with Crippen molar-refractivity contribution in [2.45, 2.75) is 18.7 Å². The Morgan fingerprint density at radius 3 is 2.25 bits per heavy atom. The zero-order chi connectivity index (χ0) is 14.3. The SMILES string of the molecule is CCN(CC)C(N)=NCCS(=O)(=O)c1ccccc1.I. The molecular weight excluding hydrogens is 389 g/mol. The van der Waals surface area contributed by atoms with Crippen LogP contribution in [0.4, 0.5) is 0 Å². The van der Waals surface area contributed by atoms with Crippen LogP contribution in [0.25, 0.3) is 0 Å². The Morgan fingerprint density at radius 2 is 1.75 bits per heavy atom. The van der Waals surface area contributed by atoms with Gasteiger partial charge in [0.25, 0.3) is 0 Å². The second-order valence-corrected chi connectivity index (χ2v) is 6.15. The highest BCUT2D eigenvalue weighted by Crippen LogP contribution is 2.09. The first-order chi connectivity index (χ1) is 9.01. The second-order valence-electron chi connectivity index (χ2n) is 4.04. The van der Waals surface area contributed by atoms with Crippen molar-refractivity contribution in [1.29, 1.82) is 0 Å². The zero-order valence-electron chi connectivity index (χ0n) is 11.8. The van der Waals surface area contributed by atoms with E-state index in [1.54, 1.807) is 30.3 Å². The van der Waals surface area contributed by atoms with Crippen LogP contribution in [0.5, 0.6) is 0 Å². The Bertz CT molecular complexity index is 514. The molecule has 0 saturated heterocycles. The molecular formula is C13H22IN3O2S. The van der Waals surface area contributed by atoms with Crippen LogP contribution < -0.4 is 5.73 Å². The van der Waals surface area contributed by atoms with Gasteiger partial charge in [0.2, 0.25) is 0 Å². The van der Waals surface area contributed by atoms with Gasteiger partial charge in [-0.25, -0.2) is 8.42 Å². The van der Waals surface area contributed by atoms with E-state index in [4.69, 9.17) is 5.73 Å². The van der Waals surface area contributed by atoms with Gasteiger partial charge in [-0.1, -0.05) is 18.2 Å². The van der Waals surface area contributed by atoms with Gasteiger partial charge in [0.05, 0.1) is 17.2 Å². The topological polar surface area (TPSA) is 75.8 Å². The monoisotopic (exact) mass is 411 g/mol. The average molecular weight is 411 g/mol. The molecule has 20 heavy (non-hydrogen) atoms. The summed E-state index contributed by atoms with van der Waals surface area (Å²) in [7, 11) is -3.28. The van der Waals surface area contributed by atoms with Crippen molar-refractivity contribution < 1.29 is 8.42 Å². The standard InChI is InChI=1S/C13H21N3O2S.HI/c1-3-16(4-2)13(14)15-10-11-19(17,18)12-8-6-5-7-9-12;/h5-9H,3-4,10-11H2,1-2H3,(H2,14,15);1H. The van der Waals surface area contributed by atoms with Gasteiger partial charge in [0, 0.05) is 13.1 Å². The van der Waals surface area contributed by atoms with Crippen LogP contribution in [0.3, 0.4) is 0 Å². The molecule has 0 aliphatic carbocycles. The molecule has 5 nitrogen and oxygen atoms in total. The molecule has 7 heteroatoms. The molecule has 0 aliphatic rings. The largest absolute Gasteiger partial charge is 0.370 e. The molecule has 0 saturated carbocycles. The summed E-state index contributed by atoms with van der Waals surface area (Å²) >= 11 is 0. The average Bonchev–Trinajstić information content (AvgIpc) is 2.41. The predicted octanol–water partition coefficient (Wildman–Crippen LogP) is 1.73. The van der Waals surface area contributed by atoms with Crippen LogP contribution in [-0.2, 0) is 9.84 Å². The van der Waals surface area contributed by atoms with Gasteiger partial charge >= 0.3 is 0 Å². The van der Waals surface area contributed by atoms with E-state index in [0.29, 0.717) is 10.9 Å². The molecule has 1 aromatic rings. The number of halogens is 1. The summed E-state index contributed by atoms with van der Waals surface area (Å²) in [6.45, 7) is 5.66. The van der Waals surface area contributed by atoms with E-state index in [0.717, 1.165) is 13.1 Å². The fourth-order valence-corrected chi connectivity index (χ4v) is 2.81. The van der Waals surface area contributed by atoms with Crippen molar-refractivity contribution in [1.82, 2.24) is 4.90 Å². The van der Waals surface area contributed by atoms with Crippen LogP contribution in [-0.4, -0.2) is 44.7 Å². The predicted molar refractivity (Wildman–Crippen MR) is 93.3 cm³/mol. The fraction of sp³-hybridized carbons (Fsp3) is 0.462.